The maximum absolute atomic E-state index is 11.7. The molecule has 0 aliphatic heterocycles. The van der Waals surface area contributed by atoms with Gasteiger partial charge >= 0.3 is 0 Å². The summed E-state index contributed by atoms with van der Waals surface area (Å²) in [5.74, 6) is 0.147. The van der Waals surface area contributed by atoms with Crippen LogP contribution in [0, 0.1) is 0 Å². The Balaban J connectivity index is 1.82. The zero-order valence-electron chi connectivity index (χ0n) is 15.6. The second-order valence-corrected chi connectivity index (χ2v) is 5.94. The maximum atomic E-state index is 11.7. The summed E-state index contributed by atoms with van der Waals surface area (Å²) in [6.07, 6.45) is 0.763. The van der Waals surface area contributed by atoms with Gasteiger partial charge in [-0.1, -0.05) is 24.3 Å². The van der Waals surface area contributed by atoms with E-state index in [1.807, 2.05) is 30.3 Å². The van der Waals surface area contributed by atoms with Crippen LogP contribution in [0.4, 0.5) is 0 Å². The van der Waals surface area contributed by atoms with Crippen molar-refractivity contribution in [2.75, 3.05) is 20.6 Å². The van der Waals surface area contributed by atoms with Crippen LogP contribution in [0.5, 0.6) is 0 Å². The third kappa shape index (κ3) is 6.14. The van der Waals surface area contributed by atoms with Crippen molar-refractivity contribution in [3.63, 3.8) is 0 Å². The molecule has 142 valence electrons. The molecule has 7 heteroatoms. The largest absolute Gasteiger partial charge is 0.366 e. The molecule has 2 amide bonds. The molecule has 0 fully saturated rings. The highest BCUT2D eigenvalue weighted by Gasteiger charge is 2.04. The Morgan fingerprint density at radius 3 is 2.37 bits per heavy atom. The van der Waals surface area contributed by atoms with Crippen molar-refractivity contribution >= 4 is 17.8 Å². The van der Waals surface area contributed by atoms with Crippen molar-refractivity contribution in [1.29, 1.82) is 0 Å². The van der Waals surface area contributed by atoms with E-state index in [-0.39, 0.29) is 5.91 Å². The van der Waals surface area contributed by atoms with E-state index in [2.05, 4.69) is 20.9 Å². The van der Waals surface area contributed by atoms with Crippen LogP contribution in [-0.4, -0.2) is 38.4 Å². The van der Waals surface area contributed by atoms with Crippen molar-refractivity contribution in [2.45, 2.75) is 13.0 Å². The Labute approximate surface area is 159 Å². The Hall–Kier alpha value is -3.35. The highest BCUT2D eigenvalue weighted by atomic mass is 16.1. The summed E-state index contributed by atoms with van der Waals surface area (Å²) in [6, 6.07) is 14.7. The number of hydrogen-bond donors (Lipinski definition) is 4. The van der Waals surface area contributed by atoms with E-state index in [1.54, 1.807) is 32.3 Å². The molecule has 0 saturated heterocycles. The van der Waals surface area contributed by atoms with E-state index < -0.39 is 5.91 Å². The van der Waals surface area contributed by atoms with E-state index >= 15 is 0 Å². The molecule has 5 N–H and O–H groups in total. The van der Waals surface area contributed by atoms with Crippen molar-refractivity contribution in [2.24, 2.45) is 10.7 Å². The lowest BCUT2D eigenvalue weighted by Crippen LogP contribution is -2.37. The molecule has 0 saturated carbocycles. The van der Waals surface area contributed by atoms with Crippen molar-refractivity contribution in [3.8, 4) is 0 Å². The second kappa shape index (κ2) is 9.96. The fraction of sp³-hybridized carbons (Fsp3) is 0.250. The number of rotatable bonds is 7. The molecule has 0 spiro atoms. The van der Waals surface area contributed by atoms with Gasteiger partial charge in [0.2, 0.25) is 5.91 Å². The lowest BCUT2D eigenvalue weighted by atomic mass is 10.1. The van der Waals surface area contributed by atoms with Crippen LogP contribution in [0.15, 0.2) is 53.5 Å². The van der Waals surface area contributed by atoms with Gasteiger partial charge in [-0.15, -0.1) is 0 Å². The first-order valence-corrected chi connectivity index (χ1v) is 8.67. The second-order valence-electron chi connectivity index (χ2n) is 5.94. The van der Waals surface area contributed by atoms with E-state index in [1.165, 1.54) is 0 Å². The van der Waals surface area contributed by atoms with Gasteiger partial charge in [0, 0.05) is 38.3 Å². The summed E-state index contributed by atoms with van der Waals surface area (Å²) < 4.78 is 0. The predicted octanol–water partition coefficient (Wildman–Crippen LogP) is 1.05. The molecule has 27 heavy (non-hydrogen) atoms. The van der Waals surface area contributed by atoms with Crippen LogP contribution in [0.3, 0.4) is 0 Å². The van der Waals surface area contributed by atoms with E-state index in [0.717, 1.165) is 17.5 Å². The number of nitrogens with one attached hydrogen (secondary N) is 3. The Morgan fingerprint density at radius 1 is 1.00 bits per heavy atom. The van der Waals surface area contributed by atoms with Crippen molar-refractivity contribution in [1.82, 2.24) is 16.0 Å². The predicted molar refractivity (Wildman–Crippen MR) is 107 cm³/mol. The lowest BCUT2D eigenvalue weighted by Gasteiger charge is -2.12. The Bertz CT molecular complexity index is 815. The summed E-state index contributed by atoms with van der Waals surface area (Å²) in [6.45, 7) is 1.25. The summed E-state index contributed by atoms with van der Waals surface area (Å²) in [5, 5.41) is 9.09. The zero-order chi connectivity index (χ0) is 19.6. The van der Waals surface area contributed by atoms with Crippen LogP contribution in [0.25, 0.3) is 0 Å². The van der Waals surface area contributed by atoms with Crippen LogP contribution in [0.2, 0.25) is 0 Å². The first-order chi connectivity index (χ1) is 13.0. The molecule has 0 bridgehead atoms. The third-order valence-electron chi connectivity index (χ3n) is 4.04. The first-order valence-electron chi connectivity index (χ1n) is 8.67. The Kier molecular flexibility index (Phi) is 7.37. The number of nitrogens with two attached hydrogens (primary N) is 1. The number of amides is 2. The number of guanidine groups is 1. The van der Waals surface area contributed by atoms with Gasteiger partial charge in [-0.2, -0.15) is 0 Å². The molecular weight excluding hydrogens is 342 g/mol. The minimum absolute atomic E-state index is 0.0929. The number of nitrogens with zero attached hydrogens (tertiary/aromatic N) is 1. The summed E-state index contributed by atoms with van der Waals surface area (Å²) in [5.41, 5.74) is 8.46. The van der Waals surface area contributed by atoms with Crippen LogP contribution in [0.1, 0.15) is 31.8 Å². The highest BCUT2D eigenvalue weighted by molar-refractivity contribution is 5.94. The molecule has 0 radical (unpaired) electrons. The van der Waals surface area contributed by atoms with Gasteiger partial charge in [0.05, 0.1) is 0 Å². The molecule has 2 aromatic rings. The molecule has 0 heterocycles. The molecule has 0 unspecified atom stereocenters. The fourth-order valence-corrected chi connectivity index (χ4v) is 2.53. The minimum atomic E-state index is -0.438. The molecule has 2 aromatic carbocycles. The molecule has 0 aliphatic rings. The number of carbonyl (C=O) groups is 2. The summed E-state index contributed by atoms with van der Waals surface area (Å²) >= 11 is 0. The van der Waals surface area contributed by atoms with Crippen LogP contribution >= 0.6 is 0 Å². The van der Waals surface area contributed by atoms with Gasteiger partial charge in [-0.05, 0) is 41.8 Å². The summed E-state index contributed by atoms with van der Waals surface area (Å²) in [4.78, 5) is 27.0. The normalized spacial score (nSPS) is 11.0. The van der Waals surface area contributed by atoms with E-state index in [9.17, 15) is 9.59 Å². The molecule has 0 atom stereocenters. The number of carbonyl (C=O) groups excluding carboxylic acids is 2. The summed E-state index contributed by atoms with van der Waals surface area (Å²) in [7, 11) is 3.32. The van der Waals surface area contributed by atoms with Crippen LogP contribution < -0.4 is 21.7 Å². The fourth-order valence-electron chi connectivity index (χ4n) is 2.53. The number of primary amides is 1. The van der Waals surface area contributed by atoms with Crippen molar-refractivity contribution < 1.29 is 9.59 Å². The van der Waals surface area contributed by atoms with E-state index in [0.29, 0.717) is 30.2 Å². The van der Waals surface area contributed by atoms with Crippen LogP contribution in [-0.2, 0) is 13.0 Å². The molecule has 7 nitrogen and oxygen atoms in total. The number of hydrogen-bond acceptors (Lipinski definition) is 3. The molecule has 0 aromatic heterocycles. The molecule has 2 rings (SSSR count). The zero-order valence-corrected chi connectivity index (χ0v) is 15.6. The lowest BCUT2D eigenvalue weighted by molar-refractivity contribution is 0.0961. The average molecular weight is 367 g/mol. The van der Waals surface area contributed by atoms with Gasteiger partial charge in [0.25, 0.3) is 5.91 Å². The average Bonchev–Trinajstić information content (AvgIpc) is 2.70. The maximum Gasteiger partial charge on any atom is 0.251 e. The third-order valence-corrected chi connectivity index (χ3v) is 4.04. The van der Waals surface area contributed by atoms with Gasteiger partial charge in [0.15, 0.2) is 5.96 Å². The number of aliphatic imine (C=N–C) groups is 1. The van der Waals surface area contributed by atoms with Gasteiger partial charge < -0.3 is 21.7 Å². The van der Waals surface area contributed by atoms with Gasteiger partial charge in [-0.3, -0.25) is 14.6 Å². The van der Waals surface area contributed by atoms with E-state index in [4.69, 9.17) is 5.73 Å². The highest BCUT2D eigenvalue weighted by Crippen LogP contribution is 2.06. The van der Waals surface area contributed by atoms with Crippen molar-refractivity contribution in [3.05, 3.63) is 70.8 Å². The monoisotopic (exact) mass is 367 g/mol. The quantitative estimate of drug-likeness (QED) is 0.433. The van der Waals surface area contributed by atoms with Gasteiger partial charge in [-0.25, -0.2) is 0 Å². The molecule has 0 aliphatic carbocycles. The number of benzene rings is 2. The first kappa shape index (κ1) is 20.0. The SMILES string of the molecule is CN=C(NCCc1cccc(C(=O)NC)c1)NCc1ccc(C(N)=O)cc1. The minimum Gasteiger partial charge on any atom is -0.366 e. The standard InChI is InChI=1S/C20H25N5O2/c1-22-19(27)17-5-3-4-14(12-17)10-11-24-20(23-2)25-13-15-6-8-16(9-7-15)18(21)26/h3-9,12H,10-11,13H2,1-2H3,(H2,21,26)(H,22,27)(H2,23,24,25). The Morgan fingerprint density at radius 2 is 1.74 bits per heavy atom. The topological polar surface area (TPSA) is 109 Å². The molecular formula is C20H25N5O2. The smallest absolute Gasteiger partial charge is 0.251 e. The van der Waals surface area contributed by atoms with Gasteiger partial charge in [0.1, 0.15) is 0 Å².